The van der Waals surface area contributed by atoms with Gasteiger partial charge in [-0.25, -0.2) is 4.79 Å². The summed E-state index contributed by atoms with van der Waals surface area (Å²) in [5, 5.41) is 11.8. The standard InChI is InChI=1S/C11H20N2O3S/c1-17-7-3-5-12-11(16)13-6-2-4-9(8-13)10(14)15/h9H,2-8H2,1H3,(H,12,16)(H,14,15)/t9-/m0/s1. The highest BCUT2D eigenvalue weighted by molar-refractivity contribution is 7.98. The van der Waals surface area contributed by atoms with E-state index in [1.54, 1.807) is 16.7 Å². The molecule has 0 aromatic rings. The Kier molecular flexibility index (Phi) is 6.18. The van der Waals surface area contributed by atoms with Gasteiger partial charge in [0.15, 0.2) is 0 Å². The SMILES string of the molecule is CSCCCNC(=O)N1CCC[C@H](C(=O)O)C1. The van der Waals surface area contributed by atoms with Crippen molar-refractivity contribution in [3.63, 3.8) is 0 Å². The highest BCUT2D eigenvalue weighted by atomic mass is 32.2. The van der Waals surface area contributed by atoms with Crippen LogP contribution in [0.2, 0.25) is 0 Å². The van der Waals surface area contributed by atoms with Crippen molar-refractivity contribution in [1.29, 1.82) is 0 Å². The molecule has 0 aliphatic carbocycles. The van der Waals surface area contributed by atoms with Crippen molar-refractivity contribution in [3.05, 3.63) is 0 Å². The molecule has 1 saturated heterocycles. The summed E-state index contributed by atoms with van der Waals surface area (Å²) >= 11 is 1.75. The van der Waals surface area contributed by atoms with E-state index in [2.05, 4.69) is 5.32 Å². The Hall–Kier alpha value is -0.910. The van der Waals surface area contributed by atoms with E-state index in [9.17, 15) is 9.59 Å². The third-order valence-corrected chi connectivity index (χ3v) is 3.56. The maximum absolute atomic E-state index is 11.7. The Morgan fingerprint density at radius 1 is 1.53 bits per heavy atom. The van der Waals surface area contributed by atoms with Crippen molar-refractivity contribution in [2.24, 2.45) is 5.92 Å². The minimum absolute atomic E-state index is 0.128. The van der Waals surface area contributed by atoms with E-state index in [1.165, 1.54) is 0 Å². The summed E-state index contributed by atoms with van der Waals surface area (Å²) in [5.41, 5.74) is 0. The molecule has 0 saturated carbocycles. The van der Waals surface area contributed by atoms with Gasteiger partial charge in [0.2, 0.25) is 0 Å². The molecule has 0 bridgehead atoms. The number of rotatable bonds is 5. The Labute approximate surface area is 106 Å². The molecular formula is C11H20N2O3S. The summed E-state index contributed by atoms with van der Waals surface area (Å²) in [6.45, 7) is 1.66. The average molecular weight is 260 g/mol. The number of aliphatic carboxylic acids is 1. The molecule has 0 aromatic carbocycles. The van der Waals surface area contributed by atoms with Crippen molar-refractivity contribution in [2.75, 3.05) is 31.6 Å². The van der Waals surface area contributed by atoms with Crippen LogP contribution in [-0.4, -0.2) is 53.6 Å². The number of hydrogen-bond donors (Lipinski definition) is 2. The maximum atomic E-state index is 11.7. The van der Waals surface area contributed by atoms with Crippen LogP contribution < -0.4 is 5.32 Å². The first-order valence-electron chi connectivity index (χ1n) is 5.89. The summed E-state index contributed by atoms with van der Waals surface area (Å²) in [4.78, 5) is 24.2. The maximum Gasteiger partial charge on any atom is 0.317 e. The number of carboxylic acids is 1. The minimum atomic E-state index is -0.801. The first kappa shape index (κ1) is 14.2. The predicted molar refractivity (Wildman–Crippen MR) is 68.3 cm³/mol. The number of carbonyl (C=O) groups excluding carboxylic acids is 1. The lowest BCUT2D eigenvalue weighted by Gasteiger charge is -2.30. The van der Waals surface area contributed by atoms with Gasteiger partial charge in [-0.2, -0.15) is 11.8 Å². The zero-order chi connectivity index (χ0) is 12.7. The molecule has 1 atom stereocenters. The van der Waals surface area contributed by atoms with Gasteiger partial charge in [-0.05, 0) is 31.3 Å². The highest BCUT2D eigenvalue weighted by Crippen LogP contribution is 2.16. The Balaban J connectivity index is 2.28. The largest absolute Gasteiger partial charge is 0.481 e. The van der Waals surface area contributed by atoms with Crippen molar-refractivity contribution >= 4 is 23.8 Å². The van der Waals surface area contributed by atoms with Crippen LogP contribution in [0.25, 0.3) is 0 Å². The average Bonchev–Trinajstić information content (AvgIpc) is 2.34. The number of carboxylic acid groups (broad SMARTS) is 1. The van der Waals surface area contributed by atoms with Gasteiger partial charge >= 0.3 is 12.0 Å². The van der Waals surface area contributed by atoms with Crippen molar-refractivity contribution in [2.45, 2.75) is 19.3 Å². The zero-order valence-electron chi connectivity index (χ0n) is 10.1. The van der Waals surface area contributed by atoms with Gasteiger partial charge in [-0.1, -0.05) is 0 Å². The lowest BCUT2D eigenvalue weighted by atomic mass is 9.99. The van der Waals surface area contributed by atoms with Crippen molar-refractivity contribution in [1.82, 2.24) is 10.2 Å². The van der Waals surface area contributed by atoms with Crippen molar-refractivity contribution < 1.29 is 14.7 Å². The molecule has 1 heterocycles. The van der Waals surface area contributed by atoms with Gasteiger partial charge in [0.1, 0.15) is 0 Å². The fourth-order valence-corrected chi connectivity index (χ4v) is 2.32. The predicted octanol–water partition coefficient (Wildman–Crippen LogP) is 1.25. The number of nitrogens with zero attached hydrogens (tertiary/aromatic N) is 1. The number of nitrogens with one attached hydrogen (secondary N) is 1. The number of hydrogen-bond acceptors (Lipinski definition) is 3. The number of likely N-dealkylation sites (tertiary alicyclic amines) is 1. The number of carbonyl (C=O) groups is 2. The molecule has 5 nitrogen and oxygen atoms in total. The van der Waals surface area contributed by atoms with Gasteiger partial charge in [-0.15, -0.1) is 0 Å². The van der Waals surface area contributed by atoms with Gasteiger partial charge in [0.25, 0.3) is 0 Å². The molecular weight excluding hydrogens is 240 g/mol. The van der Waals surface area contributed by atoms with Crippen LogP contribution in [0.3, 0.4) is 0 Å². The highest BCUT2D eigenvalue weighted by Gasteiger charge is 2.27. The lowest BCUT2D eigenvalue weighted by molar-refractivity contribution is -0.143. The molecule has 6 heteroatoms. The normalized spacial score (nSPS) is 20.1. The molecule has 0 unspecified atom stereocenters. The Morgan fingerprint density at radius 3 is 2.94 bits per heavy atom. The summed E-state index contributed by atoms with van der Waals surface area (Å²) in [6, 6.07) is -0.128. The Morgan fingerprint density at radius 2 is 2.29 bits per heavy atom. The number of urea groups is 1. The van der Waals surface area contributed by atoms with Gasteiger partial charge < -0.3 is 15.3 Å². The van der Waals surface area contributed by atoms with Crippen molar-refractivity contribution in [3.8, 4) is 0 Å². The van der Waals surface area contributed by atoms with Crippen LogP contribution in [-0.2, 0) is 4.79 Å². The molecule has 1 aliphatic heterocycles. The van der Waals surface area contributed by atoms with Crippen LogP contribution in [0, 0.1) is 5.92 Å². The van der Waals surface area contributed by atoms with Crippen LogP contribution in [0.4, 0.5) is 4.79 Å². The van der Waals surface area contributed by atoms with E-state index in [4.69, 9.17) is 5.11 Å². The first-order chi connectivity index (χ1) is 8.15. The molecule has 2 amide bonds. The molecule has 1 aliphatic rings. The van der Waals surface area contributed by atoms with E-state index in [0.717, 1.165) is 18.6 Å². The van der Waals surface area contributed by atoms with Crippen LogP contribution in [0.5, 0.6) is 0 Å². The smallest absolute Gasteiger partial charge is 0.317 e. The third-order valence-electron chi connectivity index (χ3n) is 2.86. The van der Waals surface area contributed by atoms with Gasteiger partial charge in [0.05, 0.1) is 5.92 Å². The van der Waals surface area contributed by atoms with Gasteiger partial charge in [0, 0.05) is 19.6 Å². The van der Waals surface area contributed by atoms with Crippen LogP contribution in [0.15, 0.2) is 0 Å². The summed E-state index contributed by atoms with van der Waals surface area (Å²) < 4.78 is 0. The van der Waals surface area contributed by atoms with Gasteiger partial charge in [-0.3, -0.25) is 4.79 Å². The number of piperidine rings is 1. The van der Waals surface area contributed by atoms with E-state index in [-0.39, 0.29) is 6.03 Å². The second-order valence-electron chi connectivity index (χ2n) is 4.20. The lowest BCUT2D eigenvalue weighted by Crippen LogP contribution is -2.47. The monoisotopic (exact) mass is 260 g/mol. The fourth-order valence-electron chi connectivity index (χ4n) is 1.89. The second kappa shape index (κ2) is 7.42. The molecule has 0 spiro atoms. The third kappa shape index (κ3) is 4.85. The fraction of sp³-hybridized carbons (Fsp3) is 0.818. The minimum Gasteiger partial charge on any atom is -0.481 e. The van der Waals surface area contributed by atoms with Crippen LogP contribution in [0.1, 0.15) is 19.3 Å². The molecule has 1 rings (SSSR count). The Bertz CT molecular complexity index is 273. The quantitative estimate of drug-likeness (QED) is 0.730. The molecule has 0 aromatic heterocycles. The van der Waals surface area contributed by atoms with E-state index < -0.39 is 11.9 Å². The molecule has 98 valence electrons. The molecule has 0 radical (unpaired) electrons. The van der Waals surface area contributed by atoms with E-state index in [1.807, 2.05) is 6.26 Å². The summed E-state index contributed by atoms with van der Waals surface area (Å²) in [7, 11) is 0. The molecule has 1 fully saturated rings. The summed E-state index contributed by atoms with van der Waals surface area (Å²) in [6.07, 6.45) is 4.42. The topological polar surface area (TPSA) is 69.6 Å². The van der Waals surface area contributed by atoms with E-state index in [0.29, 0.717) is 26.1 Å². The van der Waals surface area contributed by atoms with Crippen LogP contribution >= 0.6 is 11.8 Å². The van der Waals surface area contributed by atoms with E-state index >= 15 is 0 Å². The second-order valence-corrected chi connectivity index (χ2v) is 5.19. The zero-order valence-corrected chi connectivity index (χ0v) is 11.0. The molecule has 17 heavy (non-hydrogen) atoms. The molecule has 2 N–H and O–H groups in total. The number of amides is 2. The summed E-state index contributed by atoms with van der Waals surface area (Å²) in [5.74, 6) is -0.177. The first-order valence-corrected chi connectivity index (χ1v) is 7.29. The number of thioether (sulfide) groups is 1.